The van der Waals surface area contributed by atoms with Gasteiger partial charge in [0.1, 0.15) is 12.3 Å². The summed E-state index contributed by atoms with van der Waals surface area (Å²) in [4.78, 5) is 85.0. The molecule has 2 unspecified atom stereocenters. The van der Waals surface area contributed by atoms with Crippen molar-refractivity contribution in [1.82, 2.24) is 20.4 Å². The summed E-state index contributed by atoms with van der Waals surface area (Å²) in [7, 11) is -4.18. The maximum atomic E-state index is 14.5. The molecule has 13 nitrogen and oxygen atoms in total. The lowest BCUT2D eigenvalue weighted by Crippen LogP contribution is -2.50. The van der Waals surface area contributed by atoms with Crippen molar-refractivity contribution in [2.45, 2.75) is 66.7 Å². The highest BCUT2D eigenvalue weighted by Gasteiger charge is 2.44. The van der Waals surface area contributed by atoms with Crippen molar-refractivity contribution in [2.75, 3.05) is 19.8 Å². The molecule has 2 atom stereocenters. The summed E-state index contributed by atoms with van der Waals surface area (Å²) in [6, 6.07) is 18.9. The van der Waals surface area contributed by atoms with Crippen LogP contribution in [-0.4, -0.2) is 79.2 Å². The number of hydrogen-bond acceptors (Lipinski definition) is 9. The first-order chi connectivity index (χ1) is 25.4. The molecule has 0 bridgehead atoms. The maximum absolute atomic E-state index is 14.5. The lowest BCUT2D eigenvalue weighted by molar-refractivity contribution is -0.128. The second-order valence-electron chi connectivity index (χ2n) is 14.7. The van der Waals surface area contributed by atoms with Gasteiger partial charge in [-0.3, -0.25) is 33.8 Å². The number of nitrogens with zero attached hydrogens (tertiary/aromatic N) is 2. The first-order valence-corrected chi connectivity index (χ1v) is 19.3. The molecule has 4 aromatic rings. The lowest BCUT2D eigenvalue weighted by Gasteiger charge is -2.34. The quantitative estimate of drug-likeness (QED) is 0.222. The second-order valence-corrected chi connectivity index (χ2v) is 17.5. The highest BCUT2D eigenvalue weighted by molar-refractivity contribution is 7.85. The van der Waals surface area contributed by atoms with Gasteiger partial charge in [-0.2, -0.15) is 0 Å². The van der Waals surface area contributed by atoms with Gasteiger partial charge in [-0.05, 0) is 57.2 Å². The number of carbonyl (C=O) groups excluding carboxylic acids is 6. The zero-order valence-electron chi connectivity index (χ0n) is 30.4. The van der Waals surface area contributed by atoms with Gasteiger partial charge in [0.25, 0.3) is 23.6 Å². The summed E-state index contributed by atoms with van der Waals surface area (Å²) in [5.41, 5.74) is -2.37. The number of ether oxygens (including phenoxy) is 1. The van der Waals surface area contributed by atoms with E-state index in [0.29, 0.717) is 9.79 Å². The third kappa shape index (κ3) is 7.08. The van der Waals surface area contributed by atoms with Crippen molar-refractivity contribution in [2.24, 2.45) is 5.41 Å². The van der Waals surface area contributed by atoms with E-state index in [2.05, 4.69) is 10.6 Å². The monoisotopic (exact) mass is 770 g/mol. The summed E-state index contributed by atoms with van der Waals surface area (Å²) >= 11 is 0. The van der Waals surface area contributed by atoms with Crippen LogP contribution in [0.2, 0.25) is 0 Å². The topological polar surface area (TPSA) is 176 Å². The van der Waals surface area contributed by atoms with Crippen LogP contribution in [0, 0.1) is 5.41 Å². The van der Waals surface area contributed by atoms with Crippen molar-refractivity contribution >= 4 is 68.0 Å². The molecule has 6 rings (SSSR count). The molecule has 54 heavy (non-hydrogen) atoms. The summed E-state index contributed by atoms with van der Waals surface area (Å²) < 4.78 is 34.0. The normalized spacial score (nSPS) is 15.3. The molecule has 0 aliphatic carbocycles. The van der Waals surface area contributed by atoms with Crippen LogP contribution in [0.1, 0.15) is 83.0 Å². The van der Waals surface area contributed by atoms with E-state index in [0.717, 1.165) is 9.80 Å². The van der Waals surface area contributed by atoms with Crippen molar-refractivity contribution in [1.29, 1.82) is 0 Å². The van der Waals surface area contributed by atoms with Crippen LogP contribution in [-0.2, 0) is 31.1 Å². The zero-order valence-corrected chi connectivity index (χ0v) is 32.1. The first-order valence-electron chi connectivity index (χ1n) is 17.0. The van der Waals surface area contributed by atoms with Gasteiger partial charge in [-0.15, -0.1) is 0 Å². The van der Waals surface area contributed by atoms with Gasteiger partial charge in [-0.25, -0.2) is 13.2 Å². The van der Waals surface area contributed by atoms with Crippen LogP contribution in [0.3, 0.4) is 0 Å². The van der Waals surface area contributed by atoms with Crippen molar-refractivity contribution in [3.63, 3.8) is 0 Å². The van der Waals surface area contributed by atoms with Crippen LogP contribution >= 0.6 is 0 Å². The van der Waals surface area contributed by atoms with Gasteiger partial charge in [0.05, 0.1) is 48.1 Å². The molecule has 0 saturated carbocycles. The number of rotatable bonds is 9. The summed E-state index contributed by atoms with van der Waals surface area (Å²) in [5, 5.41) is 4.98. The fraction of sp³-hybridized carbons (Fsp3) is 0.282. The minimum absolute atomic E-state index is 0.0815. The molecule has 2 heterocycles. The van der Waals surface area contributed by atoms with Gasteiger partial charge >= 0.3 is 6.09 Å². The van der Waals surface area contributed by atoms with Crippen molar-refractivity contribution in [3.8, 4) is 0 Å². The Morgan fingerprint density at radius 1 is 0.648 bits per heavy atom. The molecule has 0 saturated heterocycles. The van der Waals surface area contributed by atoms with E-state index < -0.39 is 74.9 Å². The number of carbonyl (C=O) groups is 6. The molecule has 2 aliphatic rings. The smallest absolute Gasteiger partial charge is 0.407 e. The number of hydrogen-bond donors (Lipinski definition) is 2. The van der Waals surface area contributed by atoms with Gasteiger partial charge in [0.15, 0.2) is 0 Å². The van der Waals surface area contributed by atoms with Crippen LogP contribution in [0.5, 0.6) is 0 Å². The predicted molar refractivity (Wildman–Crippen MR) is 199 cm³/mol. The summed E-state index contributed by atoms with van der Waals surface area (Å²) in [6.45, 7) is 8.97. The lowest BCUT2D eigenvalue weighted by atomic mass is 9.85. The predicted octanol–water partition coefficient (Wildman–Crippen LogP) is 5.01. The number of benzene rings is 4. The van der Waals surface area contributed by atoms with Gasteiger partial charge < -0.3 is 15.4 Å². The molecule has 0 aromatic heterocycles. The summed E-state index contributed by atoms with van der Waals surface area (Å²) in [5.74, 6) is -3.94. The Hall–Kier alpha value is -5.54. The van der Waals surface area contributed by atoms with Gasteiger partial charge in [-0.1, -0.05) is 57.2 Å². The molecule has 0 fully saturated rings. The molecule has 2 aliphatic heterocycles. The van der Waals surface area contributed by atoms with E-state index in [1.165, 1.54) is 12.1 Å². The van der Waals surface area contributed by atoms with E-state index in [-0.39, 0.29) is 55.9 Å². The number of nitrogens with one attached hydrogen (secondary N) is 2. The van der Waals surface area contributed by atoms with Crippen LogP contribution in [0.25, 0.3) is 10.8 Å². The van der Waals surface area contributed by atoms with E-state index in [1.807, 2.05) is 0 Å². The Morgan fingerprint density at radius 3 is 1.54 bits per heavy atom. The standard InChI is InChI=1S/C39H38N4O9S2/c1-38(2,3)36(48)41-21-43-33(45)25-20-26(53(50)22-13-9-7-10-14-22)30-28-24(32(44)42(34(30)46)18-17-40-37(49)52-39(4,5)6)19-27(31(29(25)28)35(43)47)54(51)23-15-11-8-12-16-23/h7-16,19-20H,17-18,21H2,1-6H3,(H,40,49)(H,41,48). The largest absolute Gasteiger partial charge is 0.444 e. The van der Waals surface area contributed by atoms with Gasteiger partial charge in [0.2, 0.25) is 5.91 Å². The van der Waals surface area contributed by atoms with E-state index in [1.54, 1.807) is 102 Å². The van der Waals surface area contributed by atoms with E-state index >= 15 is 0 Å². The minimum Gasteiger partial charge on any atom is -0.444 e. The molecular weight excluding hydrogens is 733 g/mol. The van der Waals surface area contributed by atoms with Crippen molar-refractivity contribution in [3.05, 3.63) is 95.1 Å². The Morgan fingerprint density at radius 2 is 1.09 bits per heavy atom. The van der Waals surface area contributed by atoms with Crippen molar-refractivity contribution < 1.29 is 41.9 Å². The SMILES string of the molecule is CC(C)(C)OC(=O)NCCN1C(=O)c2cc(S(=O)c3ccccc3)c3c4c(cc(S(=O)c5ccccc5)c(c24)C1=O)C(=O)N(CNC(=O)C(C)(C)C)C3=O. The minimum atomic E-state index is -2.09. The average molecular weight is 771 g/mol. The molecule has 6 amide bonds. The average Bonchev–Trinajstić information content (AvgIpc) is 3.12. The summed E-state index contributed by atoms with van der Waals surface area (Å²) in [6.07, 6.45) is -0.773. The first kappa shape index (κ1) is 38.2. The Balaban J connectivity index is 1.59. The third-order valence-electron chi connectivity index (χ3n) is 8.60. The number of alkyl carbamates (subject to hydrolysis) is 1. The Bertz CT molecular complexity index is 2310. The molecular formula is C39H38N4O9S2. The van der Waals surface area contributed by atoms with Crippen LogP contribution < -0.4 is 10.6 Å². The number of amides is 6. The molecule has 0 radical (unpaired) electrons. The van der Waals surface area contributed by atoms with Gasteiger partial charge in [0, 0.05) is 44.6 Å². The fourth-order valence-corrected chi connectivity index (χ4v) is 8.59. The second kappa shape index (κ2) is 14.4. The molecule has 4 aromatic carbocycles. The highest BCUT2D eigenvalue weighted by Crippen LogP contribution is 2.44. The molecule has 280 valence electrons. The number of imide groups is 2. The highest BCUT2D eigenvalue weighted by atomic mass is 32.2. The zero-order chi connectivity index (χ0) is 39.3. The molecule has 15 heteroatoms. The van der Waals surface area contributed by atoms with Crippen LogP contribution in [0.4, 0.5) is 4.79 Å². The Kier molecular flexibility index (Phi) is 10.2. The maximum Gasteiger partial charge on any atom is 0.407 e. The fourth-order valence-electron chi connectivity index (χ4n) is 6.07. The Labute approximate surface area is 316 Å². The van der Waals surface area contributed by atoms with E-state index in [9.17, 15) is 37.2 Å². The third-order valence-corrected chi connectivity index (χ3v) is 11.4. The molecule has 2 N–H and O–H groups in total. The molecule has 0 spiro atoms. The van der Waals surface area contributed by atoms with E-state index in [4.69, 9.17) is 4.74 Å². The van der Waals surface area contributed by atoms with Crippen LogP contribution in [0.15, 0.2) is 92.4 Å².